The van der Waals surface area contributed by atoms with Crippen LogP contribution in [-0.4, -0.2) is 51.9 Å². The Bertz CT molecular complexity index is 806. The van der Waals surface area contributed by atoms with Crippen LogP contribution in [0, 0.1) is 0 Å². The van der Waals surface area contributed by atoms with E-state index in [-0.39, 0.29) is 17.8 Å². The summed E-state index contributed by atoms with van der Waals surface area (Å²) in [5.41, 5.74) is 0.893. The number of nitrogens with zero attached hydrogens (tertiary/aromatic N) is 2. The van der Waals surface area contributed by atoms with Crippen molar-refractivity contribution in [1.29, 1.82) is 0 Å². The van der Waals surface area contributed by atoms with Gasteiger partial charge in [-0.1, -0.05) is 0 Å². The van der Waals surface area contributed by atoms with E-state index in [0.29, 0.717) is 18.9 Å². The topological polar surface area (TPSA) is 78.5 Å². The average molecular weight is 365 g/mol. The van der Waals surface area contributed by atoms with Gasteiger partial charge in [0, 0.05) is 11.4 Å². The van der Waals surface area contributed by atoms with Crippen LogP contribution in [0.4, 0.5) is 0 Å². The van der Waals surface area contributed by atoms with Crippen LogP contribution >= 0.6 is 11.3 Å². The quantitative estimate of drug-likeness (QED) is 0.819. The van der Waals surface area contributed by atoms with Crippen molar-refractivity contribution in [2.45, 2.75) is 58.3 Å². The fourth-order valence-corrected chi connectivity index (χ4v) is 4.48. The maximum absolute atomic E-state index is 12.5. The summed E-state index contributed by atoms with van der Waals surface area (Å²) in [4.78, 5) is 24.1. The van der Waals surface area contributed by atoms with Crippen molar-refractivity contribution < 1.29 is 9.84 Å². The van der Waals surface area contributed by atoms with Crippen LogP contribution in [0.5, 0.6) is 0 Å². The molecule has 0 amide bonds. The van der Waals surface area contributed by atoms with Crippen molar-refractivity contribution >= 4 is 21.6 Å². The standard InChI is InChI=1S/C18H27N3O3S/c1-18(2,3)24-10-11(22)8-21(4)9-14-19-16(23)15-12-6-5-7-13(12)25-17(15)20-14/h11,22H,5-10H2,1-4H3,(H,19,20,23)/t11-/m1/s1. The molecule has 0 bridgehead atoms. The highest BCUT2D eigenvalue weighted by molar-refractivity contribution is 7.18. The number of likely N-dealkylation sites (N-methyl/N-ethyl adjacent to an activating group) is 1. The van der Waals surface area contributed by atoms with Crippen molar-refractivity contribution in [2.24, 2.45) is 0 Å². The second-order valence-electron chi connectivity index (χ2n) is 7.82. The van der Waals surface area contributed by atoms with Gasteiger partial charge < -0.3 is 14.8 Å². The molecular formula is C18H27N3O3S. The van der Waals surface area contributed by atoms with Gasteiger partial charge in [-0.05, 0) is 52.6 Å². The zero-order valence-electron chi connectivity index (χ0n) is 15.4. The van der Waals surface area contributed by atoms with Crippen LogP contribution in [0.2, 0.25) is 0 Å². The molecule has 0 unspecified atom stereocenters. The Kier molecular flexibility index (Phi) is 5.29. The number of nitrogens with one attached hydrogen (secondary N) is 1. The van der Waals surface area contributed by atoms with Crippen LogP contribution in [0.25, 0.3) is 10.2 Å². The van der Waals surface area contributed by atoms with Crippen LogP contribution in [0.15, 0.2) is 4.79 Å². The van der Waals surface area contributed by atoms with Gasteiger partial charge in [0.25, 0.3) is 5.56 Å². The number of fused-ring (bicyclic) bond motifs is 3. The molecular weight excluding hydrogens is 338 g/mol. The lowest BCUT2D eigenvalue weighted by atomic mass is 10.2. The Morgan fingerprint density at radius 3 is 2.88 bits per heavy atom. The van der Waals surface area contributed by atoms with Gasteiger partial charge in [-0.25, -0.2) is 4.98 Å². The highest BCUT2D eigenvalue weighted by atomic mass is 32.1. The minimum Gasteiger partial charge on any atom is -0.389 e. The molecule has 138 valence electrons. The number of hydrogen-bond acceptors (Lipinski definition) is 6. The molecule has 3 rings (SSSR count). The highest BCUT2D eigenvalue weighted by Crippen LogP contribution is 2.34. The monoisotopic (exact) mass is 365 g/mol. The van der Waals surface area contributed by atoms with Gasteiger partial charge >= 0.3 is 0 Å². The summed E-state index contributed by atoms with van der Waals surface area (Å²) >= 11 is 1.65. The fraction of sp³-hybridized carbons (Fsp3) is 0.667. The molecule has 2 aromatic heterocycles. The van der Waals surface area contributed by atoms with Crippen molar-refractivity contribution in [1.82, 2.24) is 14.9 Å². The molecule has 6 nitrogen and oxygen atoms in total. The van der Waals surface area contributed by atoms with Gasteiger partial charge in [-0.3, -0.25) is 9.69 Å². The minimum absolute atomic E-state index is 0.0376. The summed E-state index contributed by atoms with van der Waals surface area (Å²) < 4.78 is 5.61. The first kappa shape index (κ1) is 18.5. The predicted octanol–water partition coefficient (Wildman–Crippen LogP) is 2.08. The Balaban J connectivity index is 1.65. The number of aromatic amines is 1. The van der Waals surface area contributed by atoms with Crippen molar-refractivity contribution in [2.75, 3.05) is 20.2 Å². The van der Waals surface area contributed by atoms with E-state index >= 15 is 0 Å². The van der Waals surface area contributed by atoms with Gasteiger partial charge in [0.2, 0.25) is 0 Å². The van der Waals surface area contributed by atoms with E-state index in [9.17, 15) is 9.90 Å². The Morgan fingerprint density at radius 2 is 2.16 bits per heavy atom. The molecule has 2 aromatic rings. The minimum atomic E-state index is -0.579. The van der Waals surface area contributed by atoms with E-state index in [1.165, 1.54) is 10.4 Å². The smallest absolute Gasteiger partial charge is 0.259 e. The number of thiophene rings is 1. The van der Waals surface area contributed by atoms with Gasteiger partial charge in [0.05, 0.1) is 30.2 Å². The summed E-state index contributed by atoms with van der Waals surface area (Å²) in [6.07, 6.45) is 2.60. The molecule has 0 spiro atoms. The zero-order valence-corrected chi connectivity index (χ0v) is 16.2. The summed E-state index contributed by atoms with van der Waals surface area (Å²) in [6, 6.07) is 0. The Labute approximate surface area is 151 Å². The molecule has 1 atom stereocenters. The van der Waals surface area contributed by atoms with Gasteiger partial charge in [0.15, 0.2) is 0 Å². The Morgan fingerprint density at radius 1 is 1.40 bits per heavy atom. The molecule has 1 aliphatic carbocycles. The van der Waals surface area contributed by atoms with Gasteiger partial charge in [-0.15, -0.1) is 11.3 Å². The first-order valence-corrected chi connectivity index (χ1v) is 9.58. The first-order chi connectivity index (χ1) is 11.7. The number of H-pyrrole nitrogens is 1. The molecule has 0 saturated carbocycles. The van der Waals surface area contributed by atoms with Crippen LogP contribution in [0.1, 0.15) is 43.5 Å². The number of aryl methyl sites for hydroxylation is 2. The van der Waals surface area contributed by atoms with E-state index in [0.717, 1.165) is 29.5 Å². The molecule has 7 heteroatoms. The lowest BCUT2D eigenvalue weighted by Gasteiger charge is -2.24. The van der Waals surface area contributed by atoms with Gasteiger partial charge in [-0.2, -0.15) is 0 Å². The van der Waals surface area contributed by atoms with Crippen LogP contribution < -0.4 is 5.56 Å². The van der Waals surface area contributed by atoms with E-state index in [2.05, 4.69) is 9.97 Å². The molecule has 0 saturated heterocycles. The van der Waals surface area contributed by atoms with Crippen LogP contribution in [-0.2, 0) is 24.1 Å². The number of hydrogen-bond donors (Lipinski definition) is 2. The summed E-state index contributed by atoms with van der Waals surface area (Å²) in [6.45, 7) is 7.12. The third-order valence-electron chi connectivity index (χ3n) is 4.27. The molecule has 2 N–H and O–H groups in total. The molecule has 1 aliphatic rings. The molecule has 0 aliphatic heterocycles. The average Bonchev–Trinajstić information content (AvgIpc) is 3.04. The normalized spacial score (nSPS) is 15.9. The number of ether oxygens (including phenoxy) is 1. The van der Waals surface area contributed by atoms with Crippen LogP contribution in [0.3, 0.4) is 0 Å². The number of aromatic nitrogens is 2. The second kappa shape index (κ2) is 7.15. The second-order valence-corrected chi connectivity index (χ2v) is 8.91. The third kappa shape index (κ3) is 4.47. The maximum atomic E-state index is 12.5. The third-order valence-corrected chi connectivity index (χ3v) is 5.46. The number of rotatable bonds is 6. The summed E-state index contributed by atoms with van der Waals surface area (Å²) in [7, 11) is 1.90. The van der Waals surface area contributed by atoms with E-state index in [1.54, 1.807) is 11.3 Å². The summed E-state index contributed by atoms with van der Waals surface area (Å²) in [5.74, 6) is 0.642. The molecule has 0 radical (unpaired) electrons. The van der Waals surface area contributed by atoms with E-state index in [4.69, 9.17) is 4.74 Å². The summed E-state index contributed by atoms with van der Waals surface area (Å²) in [5, 5.41) is 10.9. The molecule has 0 fully saturated rings. The van der Waals surface area contributed by atoms with Crippen molar-refractivity contribution in [3.63, 3.8) is 0 Å². The largest absolute Gasteiger partial charge is 0.389 e. The maximum Gasteiger partial charge on any atom is 0.259 e. The molecule has 2 heterocycles. The van der Waals surface area contributed by atoms with E-state index in [1.807, 2.05) is 32.7 Å². The van der Waals surface area contributed by atoms with Gasteiger partial charge in [0.1, 0.15) is 10.7 Å². The van der Waals surface area contributed by atoms with Crippen molar-refractivity contribution in [3.8, 4) is 0 Å². The number of aliphatic hydroxyl groups is 1. The van der Waals surface area contributed by atoms with E-state index < -0.39 is 6.10 Å². The zero-order chi connectivity index (χ0) is 18.2. The SMILES string of the molecule is CN(Cc1nc2sc3c(c2c(=O)[nH]1)CCC3)C[C@@H](O)COC(C)(C)C. The van der Waals surface area contributed by atoms with Crippen molar-refractivity contribution in [3.05, 3.63) is 26.6 Å². The predicted molar refractivity (Wildman–Crippen MR) is 100 cm³/mol. The highest BCUT2D eigenvalue weighted by Gasteiger charge is 2.21. The first-order valence-electron chi connectivity index (χ1n) is 8.77. The Hall–Kier alpha value is -1.28. The lowest BCUT2D eigenvalue weighted by molar-refractivity contribution is -0.0551. The molecule has 0 aromatic carbocycles. The lowest BCUT2D eigenvalue weighted by Crippen LogP contribution is -2.35. The fourth-order valence-electron chi connectivity index (χ4n) is 3.20. The number of aliphatic hydroxyl groups excluding tert-OH is 1. The molecule has 25 heavy (non-hydrogen) atoms.